The first-order chi connectivity index (χ1) is 11.8. The van der Waals surface area contributed by atoms with Gasteiger partial charge in [-0.1, -0.05) is 48.5 Å². The molecule has 2 nitrogen and oxygen atoms in total. The maximum atomic E-state index is 10.4. The number of thiazole rings is 1. The summed E-state index contributed by atoms with van der Waals surface area (Å²) in [7, 11) is 0. The summed E-state index contributed by atoms with van der Waals surface area (Å²) in [6.45, 7) is 0. The molecule has 0 bridgehead atoms. The molecule has 1 aromatic heterocycles. The third kappa shape index (κ3) is 2.06. The quantitative estimate of drug-likeness (QED) is 0.411. The van der Waals surface area contributed by atoms with E-state index in [1.165, 1.54) is 10.8 Å². The molecule has 1 heterocycles. The van der Waals surface area contributed by atoms with Gasteiger partial charge in [-0.15, -0.1) is 11.3 Å². The van der Waals surface area contributed by atoms with Crippen LogP contribution in [-0.4, -0.2) is 10.1 Å². The highest BCUT2D eigenvalue weighted by molar-refractivity contribution is 7.21. The van der Waals surface area contributed by atoms with Gasteiger partial charge in [0.1, 0.15) is 10.8 Å². The summed E-state index contributed by atoms with van der Waals surface area (Å²) in [5, 5.41) is 15.8. The number of phenols is 1. The lowest BCUT2D eigenvalue weighted by Gasteiger charge is -2.04. The Morgan fingerprint density at radius 2 is 1.29 bits per heavy atom. The number of rotatable bonds is 1. The van der Waals surface area contributed by atoms with Crippen LogP contribution in [0.15, 0.2) is 72.8 Å². The predicted molar refractivity (Wildman–Crippen MR) is 102 cm³/mol. The fourth-order valence-corrected chi connectivity index (χ4v) is 4.15. The van der Waals surface area contributed by atoms with Crippen molar-refractivity contribution < 1.29 is 5.11 Å². The Morgan fingerprint density at radius 3 is 2.00 bits per heavy atom. The van der Waals surface area contributed by atoms with E-state index in [1.807, 2.05) is 42.5 Å². The number of aromatic hydroxyl groups is 1. The summed E-state index contributed by atoms with van der Waals surface area (Å²) in [6.07, 6.45) is 0. The van der Waals surface area contributed by atoms with Gasteiger partial charge in [0, 0.05) is 0 Å². The average Bonchev–Trinajstić information content (AvgIpc) is 3.01. The summed E-state index contributed by atoms with van der Waals surface area (Å²) >= 11 is 1.62. The van der Waals surface area contributed by atoms with Crippen molar-refractivity contribution in [1.82, 2.24) is 4.98 Å². The van der Waals surface area contributed by atoms with Crippen molar-refractivity contribution in [2.75, 3.05) is 0 Å². The zero-order chi connectivity index (χ0) is 16.1. The molecule has 5 rings (SSSR count). The van der Waals surface area contributed by atoms with Gasteiger partial charge in [-0.05, 0) is 45.8 Å². The molecule has 0 saturated carbocycles. The van der Waals surface area contributed by atoms with Crippen LogP contribution in [0.25, 0.3) is 42.3 Å². The number of benzene rings is 4. The van der Waals surface area contributed by atoms with Gasteiger partial charge in [-0.2, -0.15) is 0 Å². The zero-order valence-electron chi connectivity index (χ0n) is 12.7. The first-order valence-corrected chi connectivity index (χ1v) is 8.61. The van der Waals surface area contributed by atoms with E-state index >= 15 is 0 Å². The van der Waals surface area contributed by atoms with E-state index < -0.39 is 0 Å². The number of hydrogen-bond donors (Lipinski definition) is 1. The molecule has 3 heteroatoms. The van der Waals surface area contributed by atoms with Crippen molar-refractivity contribution in [3.05, 3.63) is 72.8 Å². The highest BCUT2D eigenvalue weighted by Crippen LogP contribution is 2.38. The van der Waals surface area contributed by atoms with Gasteiger partial charge in [0.05, 0.1) is 15.8 Å². The van der Waals surface area contributed by atoms with Crippen LogP contribution in [0.4, 0.5) is 0 Å². The standard InChI is InChI=1S/C21H13NOS/c23-19-11-15-7-3-1-5-13(15)9-17(19)21-22-18-10-14-6-2-4-8-16(14)12-20(18)24-21/h1-12,23H. The fourth-order valence-electron chi connectivity index (χ4n) is 3.13. The second-order valence-electron chi connectivity index (χ2n) is 5.90. The van der Waals surface area contributed by atoms with Crippen LogP contribution >= 0.6 is 11.3 Å². The van der Waals surface area contributed by atoms with Crippen LogP contribution in [0.5, 0.6) is 5.75 Å². The van der Waals surface area contributed by atoms with Crippen LogP contribution in [0.3, 0.4) is 0 Å². The molecule has 0 saturated heterocycles. The molecule has 0 amide bonds. The maximum absolute atomic E-state index is 10.4. The third-order valence-electron chi connectivity index (χ3n) is 4.35. The van der Waals surface area contributed by atoms with E-state index in [9.17, 15) is 5.11 Å². The summed E-state index contributed by atoms with van der Waals surface area (Å²) < 4.78 is 1.14. The Hall–Kier alpha value is -2.91. The van der Waals surface area contributed by atoms with E-state index in [-0.39, 0.29) is 5.75 Å². The third-order valence-corrected chi connectivity index (χ3v) is 5.40. The Balaban J connectivity index is 1.76. The number of nitrogens with zero attached hydrogens (tertiary/aromatic N) is 1. The molecule has 24 heavy (non-hydrogen) atoms. The largest absolute Gasteiger partial charge is 0.507 e. The molecule has 0 spiro atoms. The lowest BCUT2D eigenvalue weighted by atomic mass is 10.1. The minimum atomic E-state index is 0.275. The Morgan fingerprint density at radius 1 is 0.708 bits per heavy atom. The SMILES string of the molecule is Oc1cc2ccccc2cc1-c1nc2cc3ccccc3cc2s1. The predicted octanol–water partition coefficient (Wildman–Crippen LogP) is 5.98. The van der Waals surface area contributed by atoms with Crippen molar-refractivity contribution in [3.63, 3.8) is 0 Å². The molecule has 0 aliphatic carbocycles. The Kier molecular flexibility index (Phi) is 2.84. The molecule has 5 aromatic rings. The summed E-state index contributed by atoms with van der Waals surface area (Å²) in [4.78, 5) is 4.76. The lowest BCUT2D eigenvalue weighted by Crippen LogP contribution is -1.80. The fraction of sp³-hybridized carbons (Fsp3) is 0. The molecule has 0 atom stereocenters. The van der Waals surface area contributed by atoms with Gasteiger partial charge < -0.3 is 5.11 Å². The molecular formula is C21H13NOS. The van der Waals surface area contributed by atoms with Gasteiger partial charge >= 0.3 is 0 Å². The van der Waals surface area contributed by atoms with Crippen molar-refractivity contribution in [2.24, 2.45) is 0 Å². The Labute approximate surface area is 142 Å². The minimum absolute atomic E-state index is 0.275. The number of fused-ring (bicyclic) bond motifs is 3. The Bertz CT molecular complexity index is 1170. The van der Waals surface area contributed by atoms with Crippen LogP contribution < -0.4 is 0 Å². The second kappa shape index (κ2) is 5.05. The van der Waals surface area contributed by atoms with Gasteiger partial charge in [-0.3, -0.25) is 0 Å². The van der Waals surface area contributed by atoms with E-state index in [1.54, 1.807) is 11.3 Å². The lowest BCUT2D eigenvalue weighted by molar-refractivity contribution is 0.478. The van der Waals surface area contributed by atoms with E-state index in [0.717, 1.165) is 31.6 Å². The summed E-state index contributed by atoms with van der Waals surface area (Å²) in [6, 6.07) is 24.5. The van der Waals surface area contributed by atoms with Gasteiger partial charge in [0.25, 0.3) is 0 Å². The van der Waals surface area contributed by atoms with Crippen molar-refractivity contribution >= 4 is 43.1 Å². The zero-order valence-corrected chi connectivity index (χ0v) is 13.5. The molecule has 0 aliphatic heterocycles. The van der Waals surface area contributed by atoms with Crippen LogP contribution in [0.2, 0.25) is 0 Å². The van der Waals surface area contributed by atoms with Crippen LogP contribution in [0.1, 0.15) is 0 Å². The van der Waals surface area contributed by atoms with Crippen LogP contribution in [-0.2, 0) is 0 Å². The van der Waals surface area contributed by atoms with Gasteiger partial charge in [0.15, 0.2) is 0 Å². The van der Waals surface area contributed by atoms with E-state index in [0.29, 0.717) is 0 Å². The van der Waals surface area contributed by atoms with Crippen LogP contribution in [0, 0.1) is 0 Å². The topological polar surface area (TPSA) is 33.1 Å². The van der Waals surface area contributed by atoms with Gasteiger partial charge in [-0.25, -0.2) is 4.98 Å². The molecule has 114 valence electrons. The number of phenolic OH excluding ortho intramolecular Hbond substituents is 1. The first kappa shape index (κ1) is 13.5. The molecule has 0 aliphatic rings. The van der Waals surface area contributed by atoms with Gasteiger partial charge in [0.2, 0.25) is 0 Å². The average molecular weight is 327 g/mol. The van der Waals surface area contributed by atoms with E-state index in [4.69, 9.17) is 4.98 Å². The minimum Gasteiger partial charge on any atom is -0.507 e. The number of hydrogen-bond acceptors (Lipinski definition) is 3. The highest BCUT2D eigenvalue weighted by Gasteiger charge is 2.12. The summed E-state index contributed by atoms with van der Waals surface area (Å²) in [5.74, 6) is 0.275. The van der Waals surface area contributed by atoms with E-state index in [2.05, 4.69) is 30.3 Å². The van der Waals surface area contributed by atoms with Crippen molar-refractivity contribution in [2.45, 2.75) is 0 Å². The first-order valence-electron chi connectivity index (χ1n) is 7.79. The molecule has 0 radical (unpaired) electrons. The smallest absolute Gasteiger partial charge is 0.128 e. The molecule has 1 N–H and O–H groups in total. The monoisotopic (exact) mass is 327 g/mol. The normalized spacial score (nSPS) is 11.5. The maximum Gasteiger partial charge on any atom is 0.128 e. The second-order valence-corrected chi connectivity index (χ2v) is 6.93. The molecule has 0 fully saturated rings. The number of aromatic nitrogens is 1. The van der Waals surface area contributed by atoms with Crippen molar-refractivity contribution in [1.29, 1.82) is 0 Å². The molecule has 0 unspecified atom stereocenters. The molecule has 4 aromatic carbocycles. The summed E-state index contributed by atoms with van der Waals surface area (Å²) in [5.41, 5.74) is 1.76. The van der Waals surface area contributed by atoms with Crippen molar-refractivity contribution in [3.8, 4) is 16.3 Å². The molecular weight excluding hydrogens is 314 g/mol. The highest BCUT2D eigenvalue weighted by atomic mass is 32.1.